The van der Waals surface area contributed by atoms with E-state index in [0.29, 0.717) is 12.3 Å². The summed E-state index contributed by atoms with van der Waals surface area (Å²) in [5, 5.41) is 2.70. The lowest BCUT2D eigenvalue weighted by Gasteiger charge is -2.15. The predicted molar refractivity (Wildman–Crippen MR) is 66.9 cm³/mol. The normalized spacial score (nSPS) is 10.2. The molecule has 3 N–H and O–H groups in total. The zero-order valence-corrected chi connectivity index (χ0v) is 10.7. The Morgan fingerprint density at radius 1 is 1.44 bits per heavy atom. The van der Waals surface area contributed by atoms with Crippen LogP contribution in [0.25, 0.3) is 0 Å². The minimum absolute atomic E-state index is 0.0114. The maximum atomic E-state index is 11.9. The van der Waals surface area contributed by atoms with Gasteiger partial charge in [0.15, 0.2) is 5.76 Å². The van der Waals surface area contributed by atoms with Gasteiger partial charge in [-0.1, -0.05) is 6.92 Å². The molecule has 100 valence electrons. The van der Waals surface area contributed by atoms with Gasteiger partial charge in [-0.2, -0.15) is 0 Å². The Morgan fingerprint density at radius 2 is 2.17 bits per heavy atom. The third-order valence-corrected chi connectivity index (χ3v) is 2.37. The molecule has 0 saturated heterocycles. The molecule has 2 amide bonds. The third-order valence-electron chi connectivity index (χ3n) is 2.37. The van der Waals surface area contributed by atoms with Crippen LogP contribution in [0.2, 0.25) is 0 Å². The summed E-state index contributed by atoms with van der Waals surface area (Å²) in [6, 6.07) is 3.21. The zero-order chi connectivity index (χ0) is 13.5. The van der Waals surface area contributed by atoms with E-state index < -0.39 is 0 Å². The molecule has 1 aromatic rings. The van der Waals surface area contributed by atoms with Gasteiger partial charge in [0, 0.05) is 13.6 Å². The molecule has 0 bridgehead atoms. The number of likely N-dealkylation sites (N-methyl/N-ethyl adjacent to an activating group) is 1. The fourth-order valence-corrected chi connectivity index (χ4v) is 1.40. The maximum absolute atomic E-state index is 11.9. The summed E-state index contributed by atoms with van der Waals surface area (Å²) in [6.45, 7) is 2.83. The summed E-state index contributed by atoms with van der Waals surface area (Å²) >= 11 is 0. The Morgan fingerprint density at radius 3 is 2.72 bits per heavy atom. The van der Waals surface area contributed by atoms with Crippen molar-refractivity contribution in [3.63, 3.8) is 0 Å². The molecule has 0 spiro atoms. The molecular formula is C12H19N3O3. The monoisotopic (exact) mass is 253 g/mol. The second-order valence-electron chi connectivity index (χ2n) is 3.98. The summed E-state index contributed by atoms with van der Waals surface area (Å²) in [5.74, 6) is 0.225. The Hall–Kier alpha value is -1.82. The van der Waals surface area contributed by atoms with Crippen molar-refractivity contribution in [3.8, 4) is 0 Å². The summed E-state index contributed by atoms with van der Waals surface area (Å²) in [5.41, 5.74) is 5.39. The van der Waals surface area contributed by atoms with Gasteiger partial charge < -0.3 is 20.4 Å². The molecule has 0 aromatic carbocycles. The Balaban J connectivity index is 2.53. The van der Waals surface area contributed by atoms with Gasteiger partial charge in [0.05, 0.1) is 13.1 Å². The lowest BCUT2D eigenvalue weighted by atomic mass is 10.3. The van der Waals surface area contributed by atoms with E-state index in [-0.39, 0.29) is 30.7 Å². The zero-order valence-electron chi connectivity index (χ0n) is 10.7. The average molecular weight is 253 g/mol. The standard InChI is InChI=1S/C12H19N3O3/c1-3-6-14-11(16)8-15(2)12(17)10-5-4-9(7-13)18-10/h4-5H,3,6-8,13H2,1-2H3,(H,14,16). The first-order chi connectivity index (χ1) is 8.58. The molecule has 0 atom stereocenters. The van der Waals surface area contributed by atoms with E-state index in [1.807, 2.05) is 6.92 Å². The first-order valence-corrected chi connectivity index (χ1v) is 5.89. The highest BCUT2D eigenvalue weighted by Gasteiger charge is 2.17. The fraction of sp³-hybridized carbons (Fsp3) is 0.500. The molecule has 18 heavy (non-hydrogen) atoms. The van der Waals surface area contributed by atoms with Crippen LogP contribution in [0.3, 0.4) is 0 Å². The van der Waals surface area contributed by atoms with E-state index in [1.54, 1.807) is 19.2 Å². The third kappa shape index (κ3) is 3.89. The molecule has 6 nitrogen and oxygen atoms in total. The van der Waals surface area contributed by atoms with Gasteiger partial charge in [0.2, 0.25) is 5.91 Å². The number of nitrogens with one attached hydrogen (secondary N) is 1. The molecule has 0 saturated carbocycles. The Kier molecular flexibility index (Phi) is 5.38. The van der Waals surface area contributed by atoms with Crippen molar-refractivity contribution in [1.29, 1.82) is 0 Å². The van der Waals surface area contributed by atoms with Crippen molar-refractivity contribution < 1.29 is 14.0 Å². The molecule has 0 radical (unpaired) electrons. The van der Waals surface area contributed by atoms with E-state index in [2.05, 4.69) is 5.32 Å². The SMILES string of the molecule is CCCNC(=O)CN(C)C(=O)c1ccc(CN)o1. The minimum Gasteiger partial charge on any atom is -0.455 e. The van der Waals surface area contributed by atoms with Crippen LogP contribution in [0, 0.1) is 0 Å². The van der Waals surface area contributed by atoms with Crippen LogP contribution in [-0.2, 0) is 11.3 Å². The number of hydrogen-bond acceptors (Lipinski definition) is 4. The number of rotatable bonds is 6. The van der Waals surface area contributed by atoms with Crippen molar-refractivity contribution >= 4 is 11.8 Å². The summed E-state index contributed by atoms with van der Waals surface area (Å²) in [4.78, 5) is 24.7. The number of amides is 2. The van der Waals surface area contributed by atoms with Gasteiger partial charge in [-0.25, -0.2) is 0 Å². The molecule has 0 aliphatic carbocycles. The van der Waals surface area contributed by atoms with Crippen molar-refractivity contribution in [2.75, 3.05) is 20.1 Å². The van der Waals surface area contributed by atoms with Crippen molar-refractivity contribution in [2.24, 2.45) is 5.73 Å². The van der Waals surface area contributed by atoms with Crippen LogP contribution in [0.4, 0.5) is 0 Å². The number of furan rings is 1. The van der Waals surface area contributed by atoms with Gasteiger partial charge in [-0.3, -0.25) is 9.59 Å². The molecule has 0 fully saturated rings. The van der Waals surface area contributed by atoms with Crippen molar-refractivity contribution in [1.82, 2.24) is 10.2 Å². The second kappa shape index (κ2) is 6.80. The molecule has 1 heterocycles. The number of carbonyl (C=O) groups is 2. The van der Waals surface area contributed by atoms with Crippen LogP contribution in [0.5, 0.6) is 0 Å². The lowest BCUT2D eigenvalue weighted by Crippen LogP contribution is -2.38. The first-order valence-electron chi connectivity index (χ1n) is 5.89. The summed E-state index contributed by atoms with van der Waals surface area (Å²) in [6.07, 6.45) is 0.863. The highest BCUT2D eigenvalue weighted by Crippen LogP contribution is 2.09. The molecule has 0 aliphatic rings. The molecule has 6 heteroatoms. The Labute approximate surface area is 106 Å². The Bertz CT molecular complexity index is 414. The number of nitrogens with zero attached hydrogens (tertiary/aromatic N) is 1. The first kappa shape index (κ1) is 14.2. The van der Waals surface area contributed by atoms with E-state index in [0.717, 1.165) is 6.42 Å². The van der Waals surface area contributed by atoms with Gasteiger partial charge in [-0.05, 0) is 18.6 Å². The van der Waals surface area contributed by atoms with Crippen LogP contribution >= 0.6 is 0 Å². The van der Waals surface area contributed by atoms with Crippen LogP contribution in [0.15, 0.2) is 16.5 Å². The smallest absolute Gasteiger partial charge is 0.289 e. The fourth-order valence-electron chi connectivity index (χ4n) is 1.40. The quantitative estimate of drug-likeness (QED) is 0.765. The highest BCUT2D eigenvalue weighted by atomic mass is 16.4. The average Bonchev–Trinajstić information content (AvgIpc) is 2.83. The van der Waals surface area contributed by atoms with Gasteiger partial charge >= 0.3 is 0 Å². The number of carbonyl (C=O) groups excluding carboxylic acids is 2. The number of hydrogen-bond donors (Lipinski definition) is 2. The predicted octanol–water partition coefficient (Wildman–Crippen LogP) is 0.336. The van der Waals surface area contributed by atoms with E-state index >= 15 is 0 Å². The van der Waals surface area contributed by atoms with Crippen LogP contribution in [-0.4, -0.2) is 36.9 Å². The topological polar surface area (TPSA) is 88.6 Å². The second-order valence-corrected chi connectivity index (χ2v) is 3.98. The lowest BCUT2D eigenvalue weighted by molar-refractivity contribution is -0.121. The molecule has 1 aromatic heterocycles. The molecule has 0 unspecified atom stereocenters. The van der Waals surface area contributed by atoms with Gasteiger partial charge in [-0.15, -0.1) is 0 Å². The highest BCUT2D eigenvalue weighted by molar-refractivity contribution is 5.94. The van der Waals surface area contributed by atoms with E-state index in [1.165, 1.54) is 4.90 Å². The minimum atomic E-state index is -0.332. The number of nitrogens with two attached hydrogens (primary N) is 1. The summed E-state index contributed by atoms with van der Waals surface area (Å²) < 4.78 is 5.23. The van der Waals surface area contributed by atoms with Crippen molar-refractivity contribution in [3.05, 3.63) is 23.7 Å². The summed E-state index contributed by atoms with van der Waals surface area (Å²) in [7, 11) is 1.55. The van der Waals surface area contributed by atoms with Crippen molar-refractivity contribution in [2.45, 2.75) is 19.9 Å². The van der Waals surface area contributed by atoms with Crippen LogP contribution in [0.1, 0.15) is 29.7 Å². The van der Waals surface area contributed by atoms with Gasteiger partial charge in [0.1, 0.15) is 5.76 Å². The molecule has 1 rings (SSSR count). The molecular weight excluding hydrogens is 234 g/mol. The largest absolute Gasteiger partial charge is 0.455 e. The van der Waals surface area contributed by atoms with E-state index in [9.17, 15) is 9.59 Å². The molecule has 0 aliphatic heterocycles. The van der Waals surface area contributed by atoms with E-state index in [4.69, 9.17) is 10.2 Å². The van der Waals surface area contributed by atoms with Crippen LogP contribution < -0.4 is 11.1 Å². The van der Waals surface area contributed by atoms with Gasteiger partial charge in [0.25, 0.3) is 5.91 Å². The maximum Gasteiger partial charge on any atom is 0.289 e.